The Hall–Kier alpha value is 0.0249. The van der Waals surface area contributed by atoms with Gasteiger partial charge in [-0.05, 0) is 12.8 Å². The third kappa shape index (κ3) is 4.86. The van der Waals surface area contributed by atoms with Crippen molar-refractivity contribution in [1.29, 1.82) is 0 Å². The number of hydrogen-bond donors (Lipinski definition) is 0. The second kappa shape index (κ2) is 7.14. The van der Waals surface area contributed by atoms with E-state index in [1.807, 2.05) is 8.05 Å². The maximum Gasteiger partial charge on any atom is 0.257 e. The van der Waals surface area contributed by atoms with E-state index >= 15 is 0 Å². The standard InChI is InChI=1S/C8H19BO/c1-3-5-7-8(10-9)6-4-2/h8H,3-7,9H2,1-2H3. The molecule has 2 heteroatoms. The molecular formula is C8H19BO. The molecule has 60 valence electrons. The van der Waals surface area contributed by atoms with Crippen molar-refractivity contribution in [3.8, 4) is 0 Å². The predicted molar refractivity (Wildman–Crippen MR) is 47.9 cm³/mol. The summed E-state index contributed by atoms with van der Waals surface area (Å²) in [4.78, 5) is 0. The van der Waals surface area contributed by atoms with Gasteiger partial charge in [-0.3, -0.25) is 0 Å². The van der Waals surface area contributed by atoms with Crippen LogP contribution in [-0.2, 0) is 4.65 Å². The van der Waals surface area contributed by atoms with Gasteiger partial charge in [0.2, 0.25) is 0 Å². The van der Waals surface area contributed by atoms with Crippen LogP contribution in [0.1, 0.15) is 46.0 Å². The van der Waals surface area contributed by atoms with Crippen LogP contribution in [0.3, 0.4) is 0 Å². The summed E-state index contributed by atoms with van der Waals surface area (Å²) in [7, 11) is 1.82. The van der Waals surface area contributed by atoms with Crippen molar-refractivity contribution in [2.75, 3.05) is 0 Å². The third-order valence-electron chi connectivity index (χ3n) is 1.82. The summed E-state index contributed by atoms with van der Waals surface area (Å²) in [5, 5.41) is 0. The normalized spacial score (nSPS) is 13.4. The lowest BCUT2D eigenvalue weighted by molar-refractivity contribution is 0.194. The van der Waals surface area contributed by atoms with Gasteiger partial charge in [0.1, 0.15) is 0 Å². The van der Waals surface area contributed by atoms with Crippen molar-refractivity contribution in [2.45, 2.75) is 52.1 Å². The van der Waals surface area contributed by atoms with Crippen LogP contribution in [0.15, 0.2) is 0 Å². The van der Waals surface area contributed by atoms with E-state index in [1.54, 1.807) is 0 Å². The molecule has 1 nitrogen and oxygen atoms in total. The van der Waals surface area contributed by atoms with Crippen LogP contribution in [0.4, 0.5) is 0 Å². The molecule has 0 aromatic rings. The first kappa shape index (κ1) is 10.0. The van der Waals surface area contributed by atoms with Gasteiger partial charge in [0, 0.05) is 6.10 Å². The fraction of sp³-hybridized carbons (Fsp3) is 1.00. The van der Waals surface area contributed by atoms with Crippen LogP contribution in [0.5, 0.6) is 0 Å². The van der Waals surface area contributed by atoms with Crippen LogP contribution in [0.2, 0.25) is 0 Å². The van der Waals surface area contributed by atoms with Crippen LogP contribution in [0, 0.1) is 0 Å². The highest BCUT2D eigenvalue weighted by Crippen LogP contribution is 2.08. The molecule has 0 saturated carbocycles. The lowest BCUT2D eigenvalue weighted by Gasteiger charge is -2.13. The van der Waals surface area contributed by atoms with Gasteiger partial charge in [0.25, 0.3) is 8.05 Å². The molecule has 0 aromatic heterocycles. The van der Waals surface area contributed by atoms with Crippen LogP contribution in [-0.4, -0.2) is 14.2 Å². The largest absolute Gasteiger partial charge is 0.441 e. The summed E-state index contributed by atoms with van der Waals surface area (Å²) in [6.07, 6.45) is 6.80. The predicted octanol–water partition coefficient (Wildman–Crippen LogP) is 1.91. The Labute approximate surface area is 65.6 Å². The number of rotatable bonds is 6. The topological polar surface area (TPSA) is 9.23 Å². The highest BCUT2D eigenvalue weighted by atomic mass is 16.4. The lowest BCUT2D eigenvalue weighted by atomic mass is 10.1. The minimum Gasteiger partial charge on any atom is -0.441 e. The molecule has 0 aliphatic carbocycles. The molecule has 0 aliphatic heterocycles. The molecule has 0 heterocycles. The van der Waals surface area contributed by atoms with Gasteiger partial charge in [0.15, 0.2) is 0 Å². The Balaban J connectivity index is 3.21. The quantitative estimate of drug-likeness (QED) is 0.514. The summed E-state index contributed by atoms with van der Waals surface area (Å²) in [5.74, 6) is 0. The molecule has 0 spiro atoms. The number of unbranched alkanes of at least 4 members (excludes halogenated alkanes) is 1. The minimum absolute atomic E-state index is 0.518. The van der Waals surface area contributed by atoms with Crippen molar-refractivity contribution in [3.63, 3.8) is 0 Å². The van der Waals surface area contributed by atoms with E-state index in [1.165, 1.54) is 32.1 Å². The summed E-state index contributed by atoms with van der Waals surface area (Å²) in [5.41, 5.74) is 0. The van der Waals surface area contributed by atoms with Crippen LogP contribution in [0.25, 0.3) is 0 Å². The number of hydrogen-bond acceptors (Lipinski definition) is 1. The van der Waals surface area contributed by atoms with E-state index in [4.69, 9.17) is 4.65 Å². The van der Waals surface area contributed by atoms with E-state index in [0.717, 1.165) is 0 Å². The molecule has 0 aliphatic rings. The van der Waals surface area contributed by atoms with Crippen molar-refractivity contribution in [2.24, 2.45) is 0 Å². The molecule has 0 fully saturated rings. The maximum absolute atomic E-state index is 5.29. The fourth-order valence-corrected chi connectivity index (χ4v) is 1.13. The van der Waals surface area contributed by atoms with Gasteiger partial charge >= 0.3 is 0 Å². The molecule has 0 aromatic carbocycles. The Morgan fingerprint density at radius 1 is 1.20 bits per heavy atom. The van der Waals surface area contributed by atoms with Crippen molar-refractivity contribution < 1.29 is 4.65 Å². The van der Waals surface area contributed by atoms with E-state index in [-0.39, 0.29) is 0 Å². The van der Waals surface area contributed by atoms with Crippen molar-refractivity contribution >= 4 is 8.05 Å². The van der Waals surface area contributed by atoms with Gasteiger partial charge in [-0.2, -0.15) is 0 Å². The molecule has 10 heavy (non-hydrogen) atoms. The zero-order chi connectivity index (χ0) is 7.82. The van der Waals surface area contributed by atoms with Gasteiger partial charge in [-0.15, -0.1) is 0 Å². The Bertz CT molecular complexity index is 66.3. The molecule has 1 atom stereocenters. The average molecular weight is 142 g/mol. The first-order valence-electron chi connectivity index (χ1n) is 4.37. The third-order valence-corrected chi connectivity index (χ3v) is 1.82. The average Bonchev–Trinajstić information content (AvgIpc) is 1.98. The van der Waals surface area contributed by atoms with Crippen LogP contribution >= 0.6 is 0 Å². The highest BCUT2D eigenvalue weighted by molar-refractivity contribution is 5.98. The molecule has 0 bridgehead atoms. The second-order valence-electron chi connectivity index (χ2n) is 2.79. The summed E-state index contributed by atoms with van der Waals surface area (Å²) in [6.45, 7) is 4.43. The zero-order valence-electron chi connectivity index (χ0n) is 7.52. The Morgan fingerprint density at radius 3 is 2.30 bits per heavy atom. The first-order valence-corrected chi connectivity index (χ1v) is 4.37. The summed E-state index contributed by atoms with van der Waals surface area (Å²) < 4.78 is 5.29. The minimum atomic E-state index is 0.518. The van der Waals surface area contributed by atoms with E-state index in [0.29, 0.717) is 6.10 Å². The molecule has 0 radical (unpaired) electrons. The van der Waals surface area contributed by atoms with Crippen molar-refractivity contribution in [1.82, 2.24) is 0 Å². The first-order chi connectivity index (χ1) is 4.85. The van der Waals surface area contributed by atoms with Gasteiger partial charge < -0.3 is 4.65 Å². The molecular weight excluding hydrogens is 123 g/mol. The smallest absolute Gasteiger partial charge is 0.257 e. The van der Waals surface area contributed by atoms with Crippen LogP contribution < -0.4 is 0 Å². The molecule has 0 saturated heterocycles. The molecule has 0 N–H and O–H groups in total. The van der Waals surface area contributed by atoms with E-state index in [2.05, 4.69) is 13.8 Å². The molecule has 0 amide bonds. The fourth-order valence-electron chi connectivity index (χ4n) is 1.13. The molecule has 0 rings (SSSR count). The van der Waals surface area contributed by atoms with Gasteiger partial charge in [-0.25, -0.2) is 0 Å². The monoisotopic (exact) mass is 142 g/mol. The Morgan fingerprint density at radius 2 is 1.90 bits per heavy atom. The summed E-state index contributed by atoms with van der Waals surface area (Å²) in [6, 6.07) is 0. The van der Waals surface area contributed by atoms with E-state index < -0.39 is 0 Å². The second-order valence-corrected chi connectivity index (χ2v) is 2.79. The SMILES string of the molecule is BOC(CCC)CCCC. The van der Waals surface area contributed by atoms with E-state index in [9.17, 15) is 0 Å². The lowest BCUT2D eigenvalue weighted by Crippen LogP contribution is -2.10. The van der Waals surface area contributed by atoms with Gasteiger partial charge in [-0.1, -0.05) is 33.1 Å². The maximum atomic E-state index is 5.29. The highest BCUT2D eigenvalue weighted by Gasteiger charge is 2.02. The Kier molecular flexibility index (Phi) is 7.15. The zero-order valence-corrected chi connectivity index (χ0v) is 7.52. The molecule has 1 unspecified atom stereocenters. The van der Waals surface area contributed by atoms with Gasteiger partial charge in [0.05, 0.1) is 0 Å². The summed E-state index contributed by atoms with van der Waals surface area (Å²) >= 11 is 0. The van der Waals surface area contributed by atoms with Crippen molar-refractivity contribution in [3.05, 3.63) is 0 Å².